The number of amides is 1. The van der Waals surface area contributed by atoms with Crippen LogP contribution in [0.5, 0.6) is 0 Å². The fourth-order valence-electron chi connectivity index (χ4n) is 2.75. The Morgan fingerprint density at radius 2 is 2.40 bits per heavy atom. The van der Waals surface area contributed by atoms with Crippen LogP contribution in [-0.4, -0.2) is 29.2 Å². The topological polar surface area (TPSA) is 69.8 Å². The Kier molecular flexibility index (Phi) is 3.69. The van der Waals surface area contributed by atoms with Crippen LogP contribution in [0.15, 0.2) is 18.3 Å². The summed E-state index contributed by atoms with van der Waals surface area (Å²) < 4.78 is 0. The average molecular weight is 272 g/mol. The van der Waals surface area contributed by atoms with E-state index in [2.05, 4.69) is 20.8 Å². The fraction of sp³-hybridized carbons (Fsp3) is 0.467. The number of fused-ring (bicyclic) bond motifs is 1. The summed E-state index contributed by atoms with van der Waals surface area (Å²) in [7, 11) is 0. The maximum atomic E-state index is 12.0. The number of aryl methyl sites for hydroxylation is 1. The van der Waals surface area contributed by atoms with Crippen LogP contribution < -0.4 is 10.6 Å². The molecule has 1 aromatic carbocycles. The third kappa shape index (κ3) is 2.82. The Hall–Kier alpha value is -1.88. The molecule has 1 amide bonds. The van der Waals surface area contributed by atoms with Crippen LogP contribution in [0, 0.1) is 12.8 Å². The molecule has 1 aliphatic rings. The summed E-state index contributed by atoms with van der Waals surface area (Å²) in [5, 5.41) is 14.3. The summed E-state index contributed by atoms with van der Waals surface area (Å²) in [5.41, 5.74) is 2.89. The largest absolute Gasteiger partial charge is 0.326 e. The summed E-state index contributed by atoms with van der Waals surface area (Å²) in [5.74, 6) is 0.746. The molecule has 0 saturated carbocycles. The van der Waals surface area contributed by atoms with E-state index in [0.717, 1.165) is 41.7 Å². The molecule has 0 spiro atoms. The van der Waals surface area contributed by atoms with Crippen molar-refractivity contribution in [3.63, 3.8) is 0 Å². The van der Waals surface area contributed by atoms with Gasteiger partial charge in [0.05, 0.1) is 11.7 Å². The third-order valence-corrected chi connectivity index (χ3v) is 4.00. The molecule has 1 aromatic heterocycles. The van der Waals surface area contributed by atoms with Gasteiger partial charge >= 0.3 is 0 Å². The standard InChI is InChI=1S/C15H20N4O/c1-10-6-12-9-17-19-14(12)7-13(10)18-15(20)3-2-11-4-5-16-8-11/h6-7,9,11,16H,2-5,8H2,1H3,(H,17,19)(H,18,20). The smallest absolute Gasteiger partial charge is 0.224 e. The van der Waals surface area contributed by atoms with Crippen molar-refractivity contribution in [2.45, 2.75) is 26.2 Å². The summed E-state index contributed by atoms with van der Waals surface area (Å²) in [6.07, 6.45) is 4.53. The Balaban J connectivity index is 1.62. The number of aromatic nitrogens is 2. The number of anilines is 1. The first kappa shape index (κ1) is 13.1. The molecule has 1 saturated heterocycles. The van der Waals surface area contributed by atoms with Gasteiger partial charge in [0, 0.05) is 17.5 Å². The maximum absolute atomic E-state index is 12.0. The number of hydrogen-bond donors (Lipinski definition) is 3. The van der Waals surface area contributed by atoms with E-state index in [1.807, 2.05) is 19.1 Å². The minimum absolute atomic E-state index is 0.0962. The second kappa shape index (κ2) is 5.63. The quantitative estimate of drug-likeness (QED) is 0.799. The molecule has 2 heterocycles. The summed E-state index contributed by atoms with van der Waals surface area (Å²) in [6.45, 7) is 4.14. The van der Waals surface area contributed by atoms with Gasteiger partial charge in [-0.1, -0.05) is 0 Å². The summed E-state index contributed by atoms with van der Waals surface area (Å²) in [6, 6.07) is 3.99. The molecule has 0 bridgehead atoms. The van der Waals surface area contributed by atoms with E-state index in [1.165, 1.54) is 6.42 Å². The van der Waals surface area contributed by atoms with Crippen LogP contribution >= 0.6 is 0 Å². The second-order valence-electron chi connectivity index (χ2n) is 5.57. The number of hydrogen-bond acceptors (Lipinski definition) is 3. The van der Waals surface area contributed by atoms with Gasteiger partial charge in [0.2, 0.25) is 5.91 Å². The molecule has 0 aliphatic carbocycles. The Bertz CT molecular complexity index is 613. The first-order valence-electron chi connectivity index (χ1n) is 7.16. The van der Waals surface area contributed by atoms with Gasteiger partial charge in [0.1, 0.15) is 0 Å². The molecule has 5 nitrogen and oxygen atoms in total. The lowest BCUT2D eigenvalue weighted by Gasteiger charge is -2.10. The molecule has 1 aliphatic heterocycles. The van der Waals surface area contributed by atoms with Gasteiger partial charge in [0.15, 0.2) is 0 Å². The zero-order chi connectivity index (χ0) is 13.9. The van der Waals surface area contributed by atoms with Crippen LogP contribution in [-0.2, 0) is 4.79 Å². The lowest BCUT2D eigenvalue weighted by atomic mass is 10.0. The van der Waals surface area contributed by atoms with Crippen LogP contribution in [0.4, 0.5) is 5.69 Å². The highest BCUT2D eigenvalue weighted by atomic mass is 16.1. The Morgan fingerprint density at radius 1 is 1.50 bits per heavy atom. The first-order valence-corrected chi connectivity index (χ1v) is 7.16. The van der Waals surface area contributed by atoms with Crippen LogP contribution in [0.25, 0.3) is 10.9 Å². The highest BCUT2D eigenvalue weighted by Gasteiger charge is 2.16. The summed E-state index contributed by atoms with van der Waals surface area (Å²) in [4.78, 5) is 12.0. The zero-order valence-electron chi connectivity index (χ0n) is 11.7. The minimum atomic E-state index is 0.0962. The van der Waals surface area contributed by atoms with E-state index in [1.54, 1.807) is 6.20 Å². The molecule has 5 heteroatoms. The van der Waals surface area contributed by atoms with Gasteiger partial charge in [-0.2, -0.15) is 5.10 Å². The van der Waals surface area contributed by atoms with Crippen molar-refractivity contribution >= 4 is 22.5 Å². The number of nitrogens with zero attached hydrogens (tertiary/aromatic N) is 1. The molecule has 0 radical (unpaired) electrons. The lowest BCUT2D eigenvalue weighted by molar-refractivity contribution is -0.116. The highest BCUT2D eigenvalue weighted by Crippen LogP contribution is 2.22. The predicted molar refractivity (Wildman–Crippen MR) is 79.7 cm³/mol. The number of H-pyrrole nitrogens is 1. The summed E-state index contributed by atoms with van der Waals surface area (Å²) >= 11 is 0. The maximum Gasteiger partial charge on any atom is 0.224 e. The van der Waals surface area contributed by atoms with E-state index >= 15 is 0 Å². The van der Waals surface area contributed by atoms with Gasteiger partial charge in [-0.15, -0.1) is 0 Å². The second-order valence-corrected chi connectivity index (χ2v) is 5.57. The number of carbonyl (C=O) groups is 1. The molecule has 2 aromatic rings. The van der Waals surface area contributed by atoms with Gasteiger partial charge < -0.3 is 10.6 Å². The van der Waals surface area contributed by atoms with Crippen molar-refractivity contribution in [2.75, 3.05) is 18.4 Å². The van der Waals surface area contributed by atoms with Crippen LogP contribution in [0.3, 0.4) is 0 Å². The number of benzene rings is 1. The molecule has 3 rings (SSSR count). The minimum Gasteiger partial charge on any atom is -0.326 e. The monoisotopic (exact) mass is 272 g/mol. The van der Waals surface area contributed by atoms with Crippen molar-refractivity contribution in [3.8, 4) is 0 Å². The van der Waals surface area contributed by atoms with Gasteiger partial charge in [-0.3, -0.25) is 9.89 Å². The zero-order valence-corrected chi connectivity index (χ0v) is 11.7. The van der Waals surface area contributed by atoms with Crippen molar-refractivity contribution in [3.05, 3.63) is 23.9 Å². The average Bonchev–Trinajstić information content (AvgIpc) is 3.07. The SMILES string of the molecule is Cc1cc2cn[nH]c2cc1NC(=O)CCC1CCNC1. The normalized spacial score (nSPS) is 18.6. The van der Waals surface area contributed by atoms with Crippen molar-refractivity contribution < 1.29 is 4.79 Å². The molecular formula is C15H20N4O. The van der Waals surface area contributed by atoms with E-state index in [0.29, 0.717) is 12.3 Å². The highest BCUT2D eigenvalue weighted by molar-refractivity contribution is 5.94. The van der Waals surface area contributed by atoms with Crippen molar-refractivity contribution in [2.24, 2.45) is 5.92 Å². The molecule has 1 fully saturated rings. The van der Waals surface area contributed by atoms with Gasteiger partial charge in [0.25, 0.3) is 0 Å². The fourth-order valence-corrected chi connectivity index (χ4v) is 2.75. The number of rotatable bonds is 4. The number of nitrogens with one attached hydrogen (secondary N) is 3. The van der Waals surface area contributed by atoms with Crippen LogP contribution in [0.1, 0.15) is 24.8 Å². The Morgan fingerprint density at radius 3 is 3.20 bits per heavy atom. The third-order valence-electron chi connectivity index (χ3n) is 4.00. The van der Waals surface area contributed by atoms with Gasteiger partial charge in [-0.25, -0.2) is 0 Å². The Labute approximate surface area is 118 Å². The molecular weight excluding hydrogens is 252 g/mol. The van der Waals surface area contributed by atoms with E-state index < -0.39 is 0 Å². The predicted octanol–water partition coefficient (Wildman–Crippen LogP) is 2.20. The number of aromatic amines is 1. The van der Waals surface area contributed by atoms with Gasteiger partial charge in [-0.05, 0) is 56.5 Å². The van der Waals surface area contributed by atoms with E-state index in [9.17, 15) is 4.79 Å². The molecule has 1 unspecified atom stereocenters. The lowest BCUT2D eigenvalue weighted by Crippen LogP contribution is -2.15. The number of carbonyl (C=O) groups excluding carboxylic acids is 1. The van der Waals surface area contributed by atoms with E-state index in [4.69, 9.17) is 0 Å². The van der Waals surface area contributed by atoms with Crippen LogP contribution in [0.2, 0.25) is 0 Å². The molecule has 3 N–H and O–H groups in total. The van der Waals surface area contributed by atoms with Crippen molar-refractivity contribution in [1.82, 2.24) is 15.5 Å². The molecule has 1 atom stereocenters. The molecule has 20 heavy (non-hydrogen) atoms. The van der Waals surface area contributed by atoms with E-state index in [-0.39, 0.29) is 5.91 Å². The first-order chi connectivity index (χ1) is 9.72. The van der Waals surface area contributed by atoms with Crippen molar-refractivity contribution in [1.29, 1.82) is 0 Å². The molecule has 106 valence electrons.